The molecule has 0 radical (unpaired) electrons. The first kappa shape index (κ1) is 27.3. The van der Waals surface area contributed by atoms with E-state index in [-0.39, 0.29) is 11.8 Å². The van der Waals surface area contributed by atoms with Crippen LogP contribution in [0.15, 0.2) is 84.2 Å². The average molecular weight is 554 g/mol. The first-order valence-corrected chi connectivity index (χ1v) is 12.9. The average Bonchev–Trinajstić information content (AvgIpc) is 3.41. The second-order valence-corrected chi connectivity index (χ2v) is 9.50. The lowest BCUT2D eigenvalue weighted by atomic mass is 9.93. The van der Waals surface area contributed by atoms with Crippen molar-refractivity contribution in [2.75, 3.05) is 37.3 Å². The number of para-hydroxylation sites is 2. The molecule has 3 N–H and O–H groups in total. The van der Waals surface area contributed by atoms with Gasteiger partial charge in [-0.25, -0.2) is 4.68 Å². The lowest BCUT2D eigenvalue weighted by Crippen LogP contribution is -2.32. The van der Waals surface area contributed by atoms with E-state index >= 15 is 0 Å². The topological polar surface area (TPSA) is 116 Å². The maximum atomic E-state index is 13.9. The molecular formula is C31H31N5O5. The number of allylic oxidation sites excluding steroid dienone is 1. The number of anilines is 3. The third kappa shape index (κ3) is 5.31. The molecule has 210 valence electrons. The van der Waals surface area contributed by atoms with Crippen molar-refractivity contribution in [3.05, 3.63) is 101 Å². The summed E-state index contributed by atoms with van der Waals surface area (Å²) >= 11 is 0. The predicted octanol–water partition coefficient (Wildman–Crippen LogP) is 5.40. The summed E-state index contributed by atoms with van der Waals surface area (Å²) in [5.41, 5.74) is 4.20. The second-order valence-electron chi connectivity index (χ2n) is 9.50. The van der Waals surface area contributed by atoms with Gasteiger partial charge in [0.15, 0.2) is 0 Å². The smallest absolute Gasteiger partial charge is 0.261 e. The number of aromatic nitrogens is 2. The first-order valence-electron chi connectivity index (χ1n) is 12.9. The normalized spacial score (nSPS) is 14.0. The Kier molecular flexibility index (Phi) is 7.64. The number of nitrogens with one attached hydrogen (secondary N) is 3. The van der Waals surface area contributed by atoms with Gasteiger partial charge in [0, 0.05) is 23.0 Å². The quantitative estimate of drug-likeness (QED) is 0.268. The van der Waals surface area contributed by atoms with Crippen molar-refractivity contribution in [1.29, 1.82) is 0 Å². The number of carbonyl (C=O) groups excluding carboxylic acids is 2. The van der Waals surface area contributed by atoms with Gasteiger partial charge >= 0.3 is 0 Å². The van der Waals surface area contributed by atoms with Gasteiger partial charge in [-0.15, -0.1) is 0 Å². The van der Waals surface area contributed by atoms with Crippen molar-refractivity contribution in [2.24, 2.45) is 0 Å². The Labute approximate surface area is 237 Å². The number of ether oxygens (including phenoxy) is 3. The summed E-state index contributed by atoms with van der Waals surface area (Å²) in [4.78, 5) is 27.3. The van der Waals surface area contributed by atoms with Crippen molar-refractivity contribution < 1.29 is 23.8 Å². The molecule has 3 aromatic carbocycles. The third-order valence-electron chi connectivity index (χ3n) is 6.91. The summed E-state index contributed by atoms with van der Waals surface area (Å²) in [7, 11) is 4.66. The van der Waals surface area contributed by atoms with Crippen LogP contribution in [0.4, 0.5) is 17.2 Å². The molecule has 41 heavy (non-hydrogen) atoms. The minimum atomic E-state index is -0.734. The largest absolute Gasteiger partial charge is 0.497 e. The Bertz CT molecular complexity index is 1640. The molecule has 0 bridgehead atoms. The van der Waals surface area contributed by atoms with Crippen molar-refractivity contribution in [2.45, 2.75) is 19.9 Å². The number of methoxy groups -OCH3 is 3. The van der Waals surface area contributed by atoms with Crippen molar-refractivity contribution in [3.8, 4) is 17.2 Å². The molecule has 0 fully saturated rings. The van der Waals surface area contributed by atoms with Crippen LogP contribution in [-0.2, 0) is 4.79 Å². The van der Waals surface area contributed by atoms with Crippen molar-refractivity contribution in [3.63, 3.8) is 0 Å². The minimum absolute atomic E-state index is 0.326. The van der Waals surface area contributed by atoms with E-state index in [1.54, 1.807) is 57.2 Å². The van der Waals surface area contributed by atoms with Crippen molar-refractivity contribution in [1.82, 2.24) is 9.78 Å². The summed E-state index contributed by atoms with van der Waals surface area (Å²) in [6, 6.07) is 19.3. The molecule has 0 aliphatic carbocycles. The lowest BCUT2D eigenvalue weighted by Gasteiger charge is -2.31. The summed E-state index contributed by atoms with van der Waals surface area (Å²) in [6.45, 7) is 3.77. The van der Waals surface area contributed by atoms with Gasteiger partial charge in [-0.2, -0.15) is 5.10 Å². The lowest BCUT2D eigenvalue weighted by molar-refractivity contribution is -0.113. The number of amides is 2. The number of benzene rings is 3. The van der Waals surface area contributed by atoms with Crippen LogP contribution >= 0.6 is 0 Å². The van der Waals surface area contributed by atoms with Crippen LogP contribution in [0.1, 0.15) is 34.5 Å². The molecular weight excluding hydrogens is 522 g/mol. The van der Waals surface area contributed by atoms with Crippen LogP contribution in [0.5, 0.6) is 17.2 Å². The Morgan fingerprint density at radius 2 is 1.59 bits per heavy atom. The minimum Gasteiger partial charge on any atom is -0.497 e. The van der Waals surface area contributed by atoms with Gasteiger partial charge in [0.1, 0.15) is 34.7 Å². The van der Waals surface area contributed by atoms with E-state index in [1.807, 2.05) is 49.4 Å². The highest BCUT2D eigenvalue weighted by molar-refractivity contribution is 6.10. The maximum absolute atomic E-state index is 13.9. The fraction of sp³-hybridized carbons (Fsp3) is 0.194. The first-order chi connectivity index (χ1) is 19.8. The molecule has 0 saturated heterocycles. The third-order valence-corrected chi connectivity index (χ3v) is 6.91. The summed E-state index contributed by atoms with van der Waals surface area (Å²) in [5.74, 6) is 1.37. The molecule has 5 rings (SSSR count). The fourth-order valence-electron chi connectivity index (χ4n) is 4.82. The van der Waals surface area contributed by atoms with Gasteiger partial charge in [-0.3, -0.25) is 9.59 Å². The van der Waals surface area contributed by atoms with E-state index in [1.165, 1.54) is 6.20 Å². The molecule has 10 nitrogen and oxygen atoms in total. The van der Waals surface area contributed by atoms with Crippen LogP contribution in [0.2, 0.25) is 0 Å². The van der Waals surface area contributed by atoms with Gasteiger partial charge in [-0.1, -0.05) is 29.8 Å². The van der Waals surface area contributed by atoms with E-state index < -0.39 is 6.04 Å². The zero-order chi connectivity index (χ0) is 29.1. The van der Waals surface area contributed by atoms with Gasteiger partial charge < -0.3 is 30.2 Å². The van der Waals surface area contributed by atoms with Gasteiger partial charge in [0.25, 0.3) is 11.8 Å². The van der Waals surface area contributed by atoms with Crippen LogP contribution in [0, 0.1) is 6.92 Å². The number of hydrogen-bond acceptors (Lipinski definition) is 7. The van der Waals surface area contributed by atoms with E-state index in [9.17, 15) is 9.59 Å². The molecule has 0 spiro atoms. The molecule has 10 heteroatoms. The molecule has 2 amide bonds. The number of nitrogens with zero attached hydrogens (tertiary/aromatic N) is 2. The highest BCUT2D eigenvalue weighted by atomic mass is 16.5. The highest BCUT2D eigenvalue weighted by Gasteiger charge is 2.37. The van der Waals surface area contributed by atoms with E-state index in [0.717, 1.165) is 5.56 Å². The van der Waals surface area contributed by atoms with Gasteiger partial charge in [-0.05, 0) is 50.2 Å². The van der Waals surface area contributed by atoms with E-state index in [0.29, 0.717) is 56.8 Å². The van der Waals surface area contributed by atoms with Crippen LogP contribution in [-0.4, -0.2) is 42.9 Å². The Balaban J connectivity index is 1.59. The molecule has 1 atom stereocenters. The Morgan fingerprint density at radius 3 is 2.29 bits per heavy atom. The highest BCUT2D eigenvalue weighted by Crippen LogP contribution is 2.42. The molecule has 0 saturated carbocycles. The molecule has 1 aliphatic heterocycles. The zero-order valence-electron chi connectivity index (χ0n) is 23.4. The predicted molar refractivity (Wildman–Crippen MR) is 157 cm³/mol. The van der Waals surface area contributed by atoms with Crippen LogP contribution < -0.4 is 30.2 Å². The van der Waals surface area contributed by atoms with Gasteiger partial charge in [0.05, 0.1) is 38.8 Å². The zero-order valence-corrected chi connectivity index (χ0v) is 23.4. The number of rotatable bonds is 8. The fourth-order valence-corrected chi connectivity index (χ4v) is 4.82. The number of carbonyl (C=O) groups is 2. The molecule has 2 heterocycles. The van der Waals surface area contributed by atoms with E-state index in [2.05, 4.69) is 21.0 Å². The second kappa shape index (κ2) is 11.5. The number of fused-ring (bicyclic) bond motifs is 1. The van der Waals surface area contributed by atoms with Gasteiger partial charge in [0.2, 0.25) is 0 Å². The molecule has 1 aliphatic rings. The molecule has 1 unspecified atom stereocenters. The van der Waals surface area contributed by atoms with Crippen molar-refractivity contribution >= 4 is 29.0 Å². The van der Waals surface area contributed by atoms with Crippen LogP contribution in [0.3, 0.4) is 0 Å². The Hall–Kier alpha value is -5.25. The summed E-state index contributed by atoms with van der Waals surface area (Å²) < 4.78 is 18.2. The maximum Gasteiger partial charge on any atom is 0.261 e. The number of hydrogen-bond donors (Lipinski definition) is 3. The Morgan fingerprint density at radius 1 is 0.854 bits per heavy atom. The van der Waals surface area contributed by atoms with E-state index in [4.69, 9.17) is 14.2 Å². The number of aryl methyl sites for hydroxylation is 1. The molecule has 4 aromatic rings. The van der Waals surface area contributed by atoms with Crippen LogP contribution in [0.25, 0.3) is 0 Å². The SMILES string of the molecule is COc1ccc(C2C(C(=O)Nc3ccccc3OC)=C(C)Nc3c(C(=O)Nc4ccc(C)cc4)cnn32)c(OC)c1. The standard InChI is InChI=1S/C31H31N5O5/c1-18-10-12-20(13-11-18)34-30(37)23-17-32-36-28(22-15-14-21(39-3)16-26(22)41-5)27(19(2)33-29(23)36)31(38)35-24-8-6-7-9-25(24)40-4/h6-17,28,33H,1-5H3,(H,34,37)(H,35,38). The monoisotopic (exact) mass is 553 g/mol. The molecule has 1 aromatic heterocycles. The summed E-state index contributed by atoms with van der Waals surface area (Å²) in [5, 5.41) is 13.7. The summed E-state index contributed by atoms with van der Waals surface area (Å²) in [6.07, 6.45) is 1.49.